The summed E-state index contributed by atoms with van der Waals surface area (Å²) in [5, 5.41) is 4.49. The smallest absolute Gasteiger partial charge is 0.00392 e. The predicted molar refractivity (Wildman–Crippen MR) is 69.0 cm³/mol. The fourth-order valence-electron chi connectivity index (χ4n) is 0.239. The van der Waals surface area contributed by atoms with E-state index in [0.717, 1.165) is 21.3 Å². The van der Waals surface area contributed by atoms with Gasteiger partial charge in [0.15, 0.2) is 0 Å². The highest BCUT2D eigenvalue weighted by Gasteiger charge is 1.77. The van der Waals surface area contributed by atoms with E-state index in [0.29, 0.717) is 0 Å². The van der Waals surface area contributed by atoms with Gasteiger partial charge in [-0.25, -0.2) is 0 Å². The molecular weight excluding hydrogens is 404 g/mol. The first kappa shape index (κ1) is 15.4. The van der Waals surface area contributed by atoms with Crippen molar-refractivity contribution in [2.45, 2.75) is 19.3 Å². The van der Waals surface area contributed by atoms with Crippen molar-refractivity contribution in [3.05, 3.63) is 0 Å². The van der Waals surface area contributed by atoms with Crippen LogP contribution in [0.5, 0.6) is 0 Å². The lowest BCUT2D eigenvalue weighted by Gasteiger charge is -1.83. The molecule has 0 nitrogen and oxygen atoms in total. The van der Waals surface area contributed by atoms with Gasteiger partial charge in [0.05, 0.1) is 0 Å². The van der Waals surface area contributed by atoms with Crippen LogP contribution in [0.1, 0.15) is 19.3 Å². The van der Waals surface area contributed by atoms with Crippen molar-refractivity contribution in [3.63, 3.8) is 0 Å². The Morgan fingerprint density at radius 3 is 0.818 bits per heavy atom. The van der Waals surface area contributed by atoms with Crippen molar-refractivity contribution in [2.24, 2.45) is 0 Å². The minimum atomic E-state index is 1.11. The molecule has 0 fully saturated rings. The molecule has 0 unspecified atom stereocenters. The number of unbranched alkanes of at least 4 members (excludes halogenated alkanes) is 1. The van der Waals surface area contributed by atoms with Crippen LogP contribution in [-0.2, 0) is 0 Å². The summed E-state index contributed by atoms with van der Waals surface area (Å²) in [6, 6.07) is 0. The zero-order valence-corrected chi connectivity index (χ0v) is 12.8. The fraction of sp³-hybridized carbons (Fsp3) is 1.00. The molecule has 0 rings (SSSR count). The van der Waals surface area contributed by atoms with E-state index in [-0.39, 0.29) is 0 Å². The summed E-state index contributed by atoms with van der Waals surface area (Å²) in [5.41, 5.74) is 0. The molecule has 0 aromatic carbocycles. The van der Waals surface area contributed by atoms with Crippen LogP contribution in [0.2, 0.25) is 0 Å². The third-order valence-electron chi connectivity index (χ3n) is 0.785. The largest absolute Gasteiger partial charge is 0.0928 e. The van der Waals surface area contributed by atoms with E-state index >= 15 is 0 Å². The van der Waals surface area contributed by atoms with E-state index in [1.807, 2.05) is 0 Å². The number of alkyl halides is 4. The third-order valence-corrected chi connectivity index (χ3v) is 3.03. The van der Waals surface area contributed by atoms with E-state index in [9.17, 15) is 0 Å². The molecule has 11 heavy (non-hydrogen) atoms. The van der Waals surface area contributed by atoms with Gasteiger partial charge in [-0.2, -0.15) is 0 Å². The van der Waals surface area contributed by atoms with Gasteiger partial charge in [0.2, 0.25) is 0 Å². The molecule has 0 aromatic rings. The van der Waals surface area contributed by atoms with Crippen LogP contribution in [0.15, 0.2) is 0 Å². The van der Waals surface area contributed by atoms with E-state index in [1.54, 1.807) is 0 Å². The van der Waals surface area contributed by atoms with E-state index < -0.39 is 0 Å². The monoisotopic (exact) mass is 414 g/mol. The van der Waals surface area contributed by atoms with Gasteiger partial charge in [-0.1, -0.05) is 63.7 Å². The SMILES string of the molecule is BrCCCBr.BrCCCCBr. The lowest BCUT2D eigenvalue weighted by Crippen LogP contribution is -1.73. The Morgan fingerprint density at radius 2 is 0.727 bits per heavy atom. The maximum absolute atomic E-state index is 3.33. The summed E-state index contributed by atoms with van der Waals surface area (Å²) in [4.78, 5) is 0. The molecule has 0 N–H and O–H groups in total. The number of halogens is 4. The average molecular weight is 418 g/mol. The highest BCUT2D eigenvalue weighted by atomic mass is 79.9. The van der Waals surface area contributed by atoms with Crippen molar-refractivity contribution in [2.75, 3.05) is 21.3 Å². The first-order valence-corrected chi connectivity index (χ1v) is 8.05. The molecular formula is C7H14Br4. The van der Waals surface area contributed by atoms with Gasteiger partial charge in [0.1, 0.15) is 0 Å². The number of hydrogen-bond acceptors (Lipinski definition) is 0. The first-order chi connectivity index (χ1) is 5.33. The van der Waals surface area contributed by atoms with E-state index in [1.165, 1.54) is 19.3 Å². The summed E-state index contributed by atoms with van der Waals surface area (Å²) in [6.07, 6.45) is 3.79. The van der Waals surface area contributed by atoms with E-state index in [2.05, 4.69) is 63.7 Å². The molecule has 0 bridgehead atoms. The van der Waals surface area contributed by atoms with Gasteiger partial charge in [-0.05, 0) is 19.3 Å². The second-order valence-electron chi connectivity index (χ2n) is 1.82. The lowest BCUT2D eigenvalue weighted by atomic mass is 10.4. The Balaban J connectivity index is 0. The molecule has 0 saturated heterocycles. The normalized spacial score (nSPS) is 8.73. The van der Waals surface area contributed by atoms with Gasteiger partial charge >= 0.3 is 0 Å². The first-order valence-electron chi connectivity index (χ1n) is 3.57. The van der Waals surface area contributed by atoms with Crippen molar-refractivity contribution in [1.82, 2.24) is 0 Å². The zero-order valence-electron chi connectivity index (χ0n) is 6.46. The lowest BCUT2D eigenvalue weighted by molar-refractivity contribution is 0.919. The van der Waals surface area contributed by atoms with Gasteiger partial charge in [-0.3, -0.25) is 0 Å². The maximum atomic E-state index is 3.33. The van der Waals surface area contributed by atoms with Crippen LogP contribution < -0.4 is 0 Å². The van der Waals surface area contributed by atoms with Crippen LogP contribution in [-0.4, -0.2) is 21.3 Å². The Kier molecular flexibility index (Phi) is 25.0. The quantitative estimate of drug-likeness (QED) is 0.448. The Bertz CT molecular complexity index is 43.7. The van der Waals surface area contributed by atoms with Gasteiger partial charge < -0.3 is 0 Å². The zero-order chi connectivity index (χ0) is 8.95. The van der Waals surface area contributed by atoms with Crippen LogP contribution >= 0.6 is 63.7 Å². The Hall–Kier alpha value is 1.92. The van der Waals surface area contributed by atoms with Crippen LogP contribution in [0.25, 0.3) is 0 Å². The highest BCUT2D eigenvalue weighted by molar-refractivity contribution is 9.10. The molecule has 0 radical (unpaired) electrons. The second kappa shape index (κ2) is 17.9. The van der Waals surface area contributed by atoms with Crippen molar-refractivity contribution < 1.29 is 0 Å². The molecule has 0 aliphatic rings. The summed E-state index contributed by atoms with van der Waals surface area (Å²) in [7, 11) is 0. The van der Waals surface area contributed by atoms with Gasteiger partial charge in [0.25, 0.3) is 0 Å². The minimum absolute atomic E-state index is 1.11. The third kappa shape index (κ3) is 24.5. The van der Waals surface area contributed by atoms with Crippen molar-refractivity contribution in [1.29, 1.82) is 0 Å². The van der Waals surface area contributed by atoms with Crippen LogP contribution in [0.3, 0.4) is 0 Å². The molecule has 0 aromatic heterocycles. The topological polar surface area (TPSA) is 0 Å². The standard InChI is InChI=1S/C4H8Br2.C3H6Br2/c5-3-1-2-4-6;4-2-1-3-5/h1-4H2;1-3H2. The fourth-order valence-corrected chi connectivity index (χ4v) is 2.35. The molecule has 0 amide bonds. The van der Waals surface area contributed by atoms with Gasteiger partial charge in [0, 0.05) is 21.3 Å². The summed E-state index contributed by atoms with van der Waals surface area (Å²) in [5.74, 6) is 0. The van der Waals surface area contributed by atoms with Crippen molar-refractivity contribution >= 4 is 63.7 Å². The van der Waals surface area contributed by atoms with Crippen LogP contribution in [0, 0.1) is 0 Å². The summed E-state index contributed by atoms with van der Waals surface area (Å²) in [6.45, 7) is 0. The molecule has 0 spiro atoms. The van der Waals surface area contributed by atoms with Crippen molar-refractivity contribution in [3.8, 4) is 0 Å². The minimum Gasteiger partial charge on any atom is -0.0928 e. The molecule has 0 aliphatic heterocycles. The van der Waals surface area contributed by atoms with Crippen LogP contribution in [0.4, 0.5) is 0 Å². The number of rotatable bonds is 5. The predicted octanol–water partition coefficient (Wildman–Crippen LogP) is 4.72. The Labute approximate surface area is 103 Å². The summed E-state index contributed by atoms with van der Waals surface area (Å²) < 4.78 is 0. The maximum Gasteiger partial charge on any atom is 0.00392 e. The molecule has 0 heterocycles. The highest BCUT2D eigenvalue weighted by Crippen LogP contribution is 1.95. The Morgan fingerprint density at radius 1 is 0.455 bits per heavy atom. The van der Waals surface area contributed by atoms with E-state index in [4.69, 9.17) is 0 Å². The molecule has 0 aliphatic carbocycles. The summed E-state index contributed by atoms with van der Waals surface area (Å²) >= 11 is 13.2. The second-order valence-corrected chi connectivity index (χ2v) is 4.99. The number of hydrogen-bond donors (Lipinski definition) is 0. The molecule has 0 atom stereocenters. The van der Waals surface area contributed by atoms with Gasteiger partial charge in [-0.15, -0.1) is 0 Å². The molecule has 0 saturated carbocycles. The molecule has 70 valence electrons. The average Bonchev–Trinajstić information content (AvgIpc) is 2.04. The molecule has 4 heteroatoms.